The normalized spacial score (nSPS) is 11.4. The molecule has 0 aliphatic rings. The fourth-order valence-corrected chi connectivity index (χ4v) is 3.90. The highest BCUT2D eigenvalue weighted by atomic mass is 16.6. The Labute approximate surface area is 284 Å². The summed E-state index contributed by atoms with van der Waals surface area (Å²) in [6.07, 6.45) is 10.8. The highest BCUT2D eigenvalue weighted by Gasteiger charge is 2.00. The van der Waals surface area contributed by atoms with E-state index in [1.807, 2.05) is 0 Å². The molecule has 0 heterocycles. The summed E-state index contributed by atoms with van der Waals surface area (Å²) in [5, 5.41) is 0. The molecule has 282 valence electrons. The van der Waals surface area contributed by atoms with Crippen molar-refractivity contribution in [3.05, 3.63) is 0 Å². The van der Waals surface area contributed by atoms with E-state index in [1.54, 1.807) is 0 Å². The van der Waals surface area contributed by atoms with Gasteiger partial charge in [0, 0.05) is 6.61 Å². The SMILES string of the molecule is CCCCCCCCCCOCCOCCOCCOCCOCCOCCOCCOCCOCCOCCOCCC(=O)OC. The van der Waals surface area contributed by atoms with Crippen LogP contribution in [0, 0.1) is 0 Å². The van der Waals surface area contributed by atoms with Gasteiger partial charge in [0.05, 0.1) is 152 Å². The third kappa shape index (κ3) is 43.0. The number of methoxy groups -OCH3 is 1. The molecule has 0 unspecified atom stereocenters. The van der Waals surface area contributed by atoms with Gasteiger partial charge in [0.25, 0.3) is 0 Å². The van der Waals surface area contributed by atoms with Gasteiger partial charge >= 0.3 is 5.97 Å². The van der Waals surface area contributed by atoms with Crippen LogP contribution in [0.1, 0.15) is 64.7 Å². The Bertz CT molecular complexity index is 586. The number of rotatable bonds is 42. The van der Waals surface area contributed by atoms with E-state index in [0.717, 1.165) is 13.0 Å². The molecule has 0 aromatic carbocycles. The highest BCUT2D eigenvalue weighted by Crippen LogP contribution is 2.08. The minimum absolute atomic E-state index is 0.247. The molecule has 0 aromatic rings. The molecule has 0 amide bonds. The Morgan fingerprint density at radius 3 is 0.830 bits per heavy atom. The van der Waals surface area contributed by atoms with Gasteiger partial charge in [-0.15, -0.1) is 0 Å². The minimum Gasteiger partial charge on any atom is -0.469 e. The zero-order valence-electron chi connectivity index (χ0n) is 29.7. The summed E-state index contributed by atoms with van der Waals surface area (Å²) in [4.78, 5) is 10.9. The predicted octanol–water partition coefficient (Wildman–Crippen LogP) is 3.87. The molecule has 0 bridgehead atoms. The summed E-state index contributed by atoms with van der Waals surface area (Å²) in [5.41, 5.74) is 0. The van der Waals surface area contributed by atoms with Gasteiger partial charge in [-0.1, -0.05) is 51.9 Å². The maximum Gasteiger partial charge on any atom is 0.307 e. The number of esters is 1. The van der Waals surface area contributed by atoms with Crippen molar-refractivity contribution < 1.29 is 61.6 Å². The van der Waals surface area contributed by atoms with Gasteiger partial charge in [-0.05, 0) is 6.42 Å². The number of hydrogen-bond donors (Lipinski definition) is 0. The molecule has 0 saturated heterocycles. The van der Waals surface area contributed by atoms with Gasteiger partial charge in [0.2, 0.25) is 0 Å². The number of carbonyl (C=O) groups is 1. The molecule has 0 spiro atoms. The molecule has 0 radical (unpaired) electrons. The predicted molar refractivity (Wildman–Crippen MR) is 178 cm³/mol. The molecule has 0 aromatic heterocycles. The third-order valence-corrected chi connectivity index (χ3v) is 6.54. The van der Waals surface area contributed by atoms with Crippen LogP contribution in [-0.4, -0.2) is 158 Å². The fourth-order valence-electron chi connectivity index (χ4n) is 3.90. The quantitative estimate of drug-likeness (QED) is 0.0683. The molecule has 0 aliphatic carbocycles. The number of carbonyl (C=O) groups excluding carboxylic acids is 1. The van der Waals surface area contributed by atoms with Gasteiger partial charge < -0.3 is 56.8 Å². The molecule has 13 heteroatoms. The smallest absolute Gasteiger partial charge is 0.307 e. The van der Waals surface area contributed by atoms with Crippen LogP contribution in [0.25, 0.3) is 0 Å². The van der Waals surface area contributed by atoms with Gasteiger partial charge in [-0.25, -0.2) is 0 Å². The van der Waals surface area contributed by atoms with Crippen LogP contribution < -0.4 is 0 Å². The standard InChI is InChI=1S/C34H68O13/c1-3-4-5-6-7-8-9-10-12-37-14-16-39-18-20-41-22-24-43-26-28-45-30-32-47-33-31-46-29-27-44-25-23-42-21-19-40-17-15-38-13-11-34(35)36-2/h3-33H2,1-2H3. The average Bonchev–Trinajstić information content (AvgIpc) is 3.08. The van der Waals surface area contributed by atoms with Crippen molar-refractivity contribution in [2.24, 2.45) is 0 Å². The zero-order chi connectivity index (χ0) is 34.0. The molecule has 0 fully saturated rings. The van der Waals surface area contributed by atoms with E-state index < -0.39 is 0 Å². The largest absolute Gasteiger partial charge is 0.469 e. The van der Waals surface area contributed by atoms with Crippen molar-refractivity contribution >= 4 is 5.97 Å². The van der Waals surface area contributed by atoms with Crippen molar-refractivity contribution in [3.63, 3.8) is 0 Å². The molecule has 0 saturated carbocycles. The summed E-state index contributed by atoms with van der Waals surface area (Å²) >= 11 is 0. The van der Waals surface area contributed by atoms with Gasteiger partial charge in [-0.2, -0.15) is 0 Å². The van der Waals surface area contributed by atoms with E-state index in [9.17, 15) is 4.79 Å². The molecular weight excluding hydrogens is 616 g/mol. The second kappa shape index (κ2) is 43.1. The van der Waals surface area contributed by atoms with E-state index in [-0.39, 0.29) is 12.4 Å². The maximum atomic E-state index is 10.9. The van der Waals surface area contributed by atoms with Crippen molar-refractivity contribution in [3.8, 4) is 0 Å². The Kier molecular flexibility index (Phi) is 42.2. The topological polar surface area (TPSA) is 128 Å². The minimum atomic E-state index is -0.283. The molecule has 13 nitrogen and oxygen atoms in total. The average molecular weight is 685 g/mol. The van der Waals surface area contributed by atoms with Crippen molar-refractivity contribution in [2.75, 3.05) is 152 Å². The maximum absolute atomic E-state index is 10.9. The van der Waals surface area contributed by atoms with Crippen LogP contribution in [0.3, 0.4) is 0 Å². The first-order valence-electron chi connectivity index (χ1n) is 17.7. The van der Waals surface area contributed by atoms with E-state index in [4.69, 9.17) is 52.1 Å². The van der Waals surface area contributed by atoms with Crippen molar-refractivity contribution in [1.82, 2.24) is 0 Å². The van der Waals surface area contributed by atoms with E-state index in [2.05, 4.69) is 11.7 Å². The van der Waals surface area contributed by atoms with Crippen LogP contribution in [0.4, 0.5) is 0 Å². The van der Waals surface area contributed by atoms with Crippen molar-refractivity contribution in [2.45, 2.75) is 64.7 Å². The lowest BCUT2D eigenvalue weighted by Crippen LogP contribution is -2.15. The third-order valence-electron chi connectivity index (χ3n) is 6.54. The number of hydrogen-bond acceptors (Lipinski definition) is 13. The molecule has 0 N–H and O–H groups in total. The van der Waals surface area contributed by atoms with Gasteiger partial charge in [-0.3, -0.25) is 4.79 Å². The molecular formula is C34H68O13. The zero-order valence-corrected chi connectivity index (χ0v) is 29.7. The van der Waals surface area contributed by atoms with E-state index in [0.29, 0.717) is 139 Å². The van der Waals surface area contributed by atoms with Crippen LogP contribution in [0.2, 0.25) is 0 Å². The first kappa shape index (κ1) is 46.0. The second-order valence-electron chi connectivity index (χ2n) is 10.5. The molecule has 0 rings (SSSR count). The summed E-state index contributed by atoms with van der Waals surface area (Å²) in [7, 11) is 1.35. The number of ether oxygens (including phenoxy) is 12. The lowest BCUT2D eigenvalue weighted by molar-refractivity contribution is -0.141. The molecule has 0 aliphatic heterocycles. The van der Waals surface area contributed by atoms with Crippen LogP contribution >= 0.6 is 0 Å². The Hall–Kier alpha value is -0.970. The Morgan fingerprint density at radius 1 is 0.319 bits per heavy atom. The van der Waals surface area contributed by atoms with Gasteiger partial charge in [0.15, 0.2) is 0 Å². The number of unbranched alkanes of at least 4 members (excludes halogenated alkanes) is 7. The van der Waals surface area contributed by atoms with Crippen molar-refractivity contribution in [1.29, 1.82) is 0 Å². The van der Waals surface area contributed by atoms with E-state index in [1.165, 1.54) is 52.1 Å². The highest BCUT2D eigenvalue weighted by molar-refractivity contribution is 5.69. The summed E-state index contributed by atoms with van der Waals surface area (Å²) in [6, 6.07) is 0. The summed E-state index contributed by atoms with van der Waals surface area (Å²) in [6.45, 7) is 13.8. The van der Waals surface area contributed by atoms with Gasteiger partial charge in [0.1, 0.15) is 0 Å². The lowest BCUT2D eigenvalue weighted by atomic mass is 10.1. The molecule has 47 heavy (non-hydrogen) atoms. The van der Waals surface area contributed by atoms with Crippen LogP contribution in [-0.2, 0) is 61.6 Å². The fraction of sp³-hybridized carbons (Fsp3) is 0.971. The first-order valence-corrected chi connectivity index (χ1v) is 17.7. The second-order valence-corrected chi connectivity index (χ2v) is 10.5. The van der Waals surface area contributed by atoms with E-state index >= 15 is 0 Å². The monoisotopic (exact) mass is 684 g/mol. The molecule has 0 atom stereocenters. The van der Waals surface area contributed by atoms with Crippen LogP contribution in [0.15, 0.2) is 0 Å². The first-order chi connectivity index (χ1) is 23.3. The Morgan fingerprint density at radius 2 is 0.553 bits per heavy atom. The Balaban J connectivity index is 3.05. The summed E-state index contributed by atoms with van der Waals surface area (Å²) in [5.74, 6) is -0.283. The van der Waals surface area contributed by atoms with Crippen LogP contribution in [0.5, 0.6) is 0 Å². The summed E-state index contributed by atoms with van der Waals surface area (Å²) < 4.78 is 64.6. The lowest BCUT2D eigenvalue weighted by Gasteiger charge is -2.09.